The van der Waals surface area contributed by atoms with Crippen molar-refractivity contribution in [2.45, 2.75) is 19.8 Å². The molecular formula is C11H16N4O4. The fourth-order valence-electron chi connectivity index (χ4n) is 2.05. The van der Waals surface area contributed by atoms with Crippen LogP contribution in [0, 0.1) is 12.8 Å². The summed E-state index contributed by atoms with van der Waals surface area (Å²) in [7, 11) is 0. The van der Waals surface area contributed by atoms with Crippen molar-refractivity contribution in [1.82, 2.24) is 15.1 Å². The first kappa shape index (κ1) is 13.5. The van der Waals surface area contributed by atoms with E-state index >= 15 is 0 Å². The molecule has 0 radical (unpaired) electrons. The highest BCUT2D eigenvalue weighted by Gasteiger charge is 2.25. The topological polar surface area (TPSA) is 109 Å². The lowest BCUT2D eigenvalue weighted by atomic mass is 9.97. The number of carbonyl (C=O) groups excluding carboxylic acids is 1. The summed E-state index contributed by atoms with van der Waals surface area (Å²) >= 11 is 0. The normalized spacial score (nSPS) is 17.3. The third-order valence-electron chi connectivity index (χ3n) is 3.08. The highest BCUT2D eigenvalue weighted by molar-refractivity contribution is 5.90. The molecule has 104 valence electrons. The van der Waals surface area contributed by atoms with Gasteiger partial charge >= 0.3 is 12.0 Å². The number of carboxylic acids is 1. The Morgan fingerprint density at radius 2 is 2.11 bits per heavy atom. The Hall–Kier alpha value is -1.96. The molecule has 1 amide bonds. The monoisotopic (exact) mass is 268 g/mol. The van der Waals surface area contributed by atoms with Gasteiger partial charge in [0.2, 0.25) is 11.8 Å². The third kappa shape index (κ3) is 3.75. The van der Waals surface area contributed by atoms with E-state index in [0.717, 1.165) is 0 Å². The summed E-state index contributed by atoms with van der Waals surface area (Å²) in [5.41, 5.74) is 0. The Bertz CT molecular complexity index is 465. The summed E-state index contributed by atoms with van der Waals surface area (Å²) in [5.74, 6) is -0.904. The van der Waals surface area contributed by atoms with Crippen LogP contribution < -0.4 is 5.32 Å². The smallest absolute Gasteiger partial charge is 0.322 e. The Balaban J connectivity index is 1.76. The summed E-state index contributed by atoms with van der Waals surface area (Å²) in [5, 5.41) is 18.7. The van der Waals surface area contributed by atoms with Gasteiger partial charge in [-0.15, -0.1) is 5.10 Å². The van der Waals surface area contributed by atoms with Crippen LogP contribution in [0.25, 0.3) is 0 Å². The zero-order valence-electron chi connectivity index (χ0n) is 10.6. The fourth-order valence-corrected chi connectivity index (χ4v) is 2.05. The van der Waals surface area contributed by atoms with E-state index in [9.17, 15) is 9.59 Å². The number of aryl methyl sites for hydroxylation is 1. The molecule has 2 N–H and O–H groups in total. The molecule has 0 atom stereocenters. The van der Waals surface area contributed by atoms with E-state index in [4.69, 9.17) is 9.52 Å². The molecule has 0 aliphatic carbocycles. The van der Waals surface area contributed by atoms with Crippen molar-refractivity contribution in [1.29, 1.82) is 0 Å². The number of hydrogen-bond acceptors (Lipinski definition) is 6. The van der Waals surface area contributed by atoms with Crippen LogP contribution in [0.4, 0.5) is 6.01 Å². The molecule has 2 rings (SSSR count). The van der Waals surface area contributed by atoms with Crippen molar-refractivity contribution in [3.05, 3.63) is 5.89 Å². The van der Waals surface area contributed by atoms with Crippen molar-refractivity contribution < 1.29 is 19.1 Å². The van der Waals surface area contributed by atoms with Crippen molar-refractivity contribution in [3.63, 3.8) is 0 Å². The van der Waals surface area contributed by atoms with E-state index in [1.54, 1.807) is 6.92 Å². The number of carbonyl (C=O) groups is 2. The first-order valence-corrected chi connectivity index (χ1v) is 6.09. The lowest BCUT2D eigenvalue weighted by molar-refractivity contribution is -0.143. The van der Waals surface area contributed by atoms with Gasteiger partial charge in [-0.3, -0.25) is 19.8 Å². The average molecular weight is 268 g/mol. The molecule has 0 aromatic carbocycles. The number of rotatable bonds is 4. The van der Waals surface area contributed by atoms with Gasteiger partial charge in [0, 0.05) is 6.92 Å². The van der Waals surface area contributed by atoms with E-state index in [0.29, 0.717) is 31.8 Å². The molecule has 1 fully saturated rings. The number of aliphatic carboxylic acids is 1. The number of nitrogens with one attached hydrogen (secondary N) is 1. The highest BCUT2D eigenvalue weighted by atomic mass is 16.4. The van der Waals surface area contributed by atoms with Gasteiger partial charge in [0.15, 0.2) is 0 Å². The predicted octanol–water partition coefficient (Wildman–Crippen LogP) is 0.113. The van der Waals surface area contributed by atoms with Crippen molar-refractivity contribution in [2.24, 2.45) is 5.92 Å². The van der Waals surface area contributed by atoms with Gasteiger partial charge in [-0.1, -0.05) is 5.10 Å². The van der Waals surface area contributed by atoms with Gasteiger partial charge < -0.3 is 9.52 Å². The average Bonchev–Trinajstić information content (AvgIpc) is 2.75. The summed E-state index contributed by atoms with van der Waals surface area (Å²) in [6.07, 6.45) is 1.14. The highest BCUT2D eigenvalue weighted by Crippen LogP contribution is 2.17. The largest absolute Gasteiger partial charge is 0.481 e. The van der Waals surface area contributed by atoms with E-state index in [1.165, 1.54) is 0 Å². The number of nitrogens with zero attached hydrogens (tertiary/aromatic N) is 3. The quantitative estimate of drug-likeness (QED) is 0.797. The van der Waals surface area contributed by atoms with Crippen LogP contribution in [0.5, 0.6) is 0 Å². The molecule has 1 saturated heterocycles. The fraction of sp³-hybridized carbons (Fsp3) is 0.636. The second-order valence-electron chi connectivity index (χ2n) is 4.56. The summed E-state index contributed by atoms with van der Waals surface area (Å²) < 4.78 is 5.04. The Kier molecular flexibility index (Phi) is 4.10. The lowest BCUT2D eigenvalue weighted by Gasteiger charge is -2.29. The summed E-state index contributed by atoms with van der Waals surface area (Å²) in [4.78, 5) is 24.4. The van der Waals surface area contributed by atoms with E-state index in [1.807, 2.05) is 4.90 Å². The number of carboxylic acid groups (broad SMARTS) is 1. The molecule has 1 aromatic heterocycles. The van der Waals surface area contributed by atoms with Crippen LogP contribution >= 0.6 is 0 Å². The number of likely N-dealkylation sites (tertiary alicyclic amines) is 1. The zero-order valence-corrected chi connectivity index (χ0v) is 10.6. The first-order chi connectivity index (χ1) is 9.04. The van der Waals surface area contributed by atoms with Crippen molar-refractivity contribution in [3.8, 4) is 0 Å². The minimum atomic E-state index is -0.759. The molecule has 8 heteroatoms. The molecule has 0 unspecified atom stereocenters. The Labute approximate surface area is 109 Å². The molecule has 0 spiro atoms. The van der Waals surface area contributed by atoms with Crippen molar-refractivity contribution >= 4 is 17.9 Å². The van der Waals surface area contributed by atoms with Crippen LogP contribution in [0.1, 0.15) is 18.7 Å². The van der Waals surface area contributed by atoms with Crippen LogP contribution in [0.2, 0.25) is 0 Å². The SMILES string of the molecule is Cc1nnc(NC(=O)CN2CCC(C(=O)O)CC2)o1. The second kappa shape index (κ2) is 5.79. The number of anilines is 1. The second-order valence-corrected chi connectivity index (χ2v) is 4.56. The third-order valence-corrected chi connectivity index (χ3v) is 3.08. The maximum Gasteiger partial charge on any atom is 0.322 e. The summed E-state index contributed by atoms with van der Waals surface area (Å²) in [6.45, 7) is 3.05. The maximum absolute atomic E-state index is 11.7. The van der Waals surface area contributed by atoms with E-state index in [-0.39, 0.29) is 24.4 Å². The predicted molar refractivity (Wildman–Crippen MR) is 64.5 cm³/mol. The molecule has 1 aliphatic heterocycles. The standard InChI is InChI=1S/C11H16N4O4/c1-7-13-14-11(19-7)12-9(16)6-15-4-2-8(3-5-15)10(17)18/h8H,2-6H2,1H3,(H,17,18)(H,12,14,16). The number of amides is 1. The maximum atomic E-state index is 11.7. The van der Waals surface area contributed by atoms with E-state index < -0.39 is 5.97 Å². The summed E-state index contributed by atoms with van der Waals surface area (Å²) in [6, 6.07) is 0.0860. The Morgan fingerprint density at radius 1 is 1.42 bits per heavy atom. The molecule has 1 aromatic rings. The van der Waals surface area contributed by atoms with Crippen LogP contribution in [-0.2, 0) is 9.59 Å². The van der Waals surface area contributed by atoms with Gasteiger partial charge in [0.25, 0.3) is 0 Å². The molecule has 1 aliphatic rings. The molecule has 8 nitrogen and oxygen atoms in total. The van der Waals surface area contributed by atoms with Gasteiger partial charge in [-0.25, -0.2) is 0 Å². The minimum Gasteiger partial charge on any atom is -0.481 e. The van der Waals surface area contributed by atoms with Crippen LogP contribution in [-0.4, -0.2) is 51.7 Å². The zero-order chi connectivity index (χ0) is 13.8. The van der Waals surface area contributed by atoms with Crippen LogP contribution in [0.15, 0.2) is 4.42 Å². The molecule has 2 heterocycles. The molecule has 19 heavy (non-hydrogen) atoms. The molecule has 0 saturated carbocycles. The number of aromatic nitrogens is 2. The number of hydrogen-bond donors (Lipinski definition) is 2. The Morgan fingerprint density at radius 3 is 2.63 bits per heavy atom. The van der Waals surface area contributed by atoms with Crippen molar-refractivity contribution in [2.75, 3.05) is 25.0 Å². The lowest BCUT2D eigenvalue weighted by Crippen LogP contribution is -2.40. The minimum absolute atomic E-state index is 0.0860. The number of piperidine rings is 1. The molecular weight excluding hydrogens is 252 g/mol. The van der Waals surface area contributed by atoms with E-state index in [2.05, 4.69) is 15.5 Å². The van der Waals surface area contributed by atoms with Gasteiger partial charge in [0.1, 0.15) is 0 Å². The van der Waals surface area contributed by atoms with Gasteiger partial charge in [-0.05, 0) is 25.9 Å². The van der Waals surface area contributed by atoms with Gasteiger partial charge in [0.05, 0.1) is 12.5 Å². The molecule has 0 bridgehead atoms. The van der Waals surface area contributed by atoms with Crippen LogP contribution in [0.3, 0.4) is 0 Å². The van der Waals surface area contributed by atoms with Gasteiger partial charge in [-0.2, -0.15) is 0 Å². The first-order valence-electron chi connectivity index (χ1n) is 6.09.